The summed E-state index contributed by atoms with van der Waals surface area (Å²) in [6.07, 6.45) is 0.323. The van der Waals surface area contributed by atoms with Crippen LogP contribution in [0.1, 0.15) is 12.0 Å². The van der Waals surface area contributed by atoms with Crippen LogP contribution in [-0.2, 0) is 20.9 Å². The van der Waals surface area contributed by atoms with E-state index in [9.17, 15) is 14.7 Å². The van der Waals surface area contributed by atoms with Crippen molar-refractivity contribution in [2.24, 2.45) is 11.1 Å². The molecule has 0 bridgehead atoms. The number of benzene rings is 1. The summed E-state index contributed by atoms with van der Waals surface area (Å²) < 4.78 is 5.12. The van der Waals surface area contributed by atoms with Crippen molar-refractivity contribution in [3.8, 4) is 0 Å². The molecule has 1 aromatic carbocycles. The number of aliphatic carboxylic acids is 1. The lowest BCUT2D eigenvalue weighted by Crippen LogP contribution is -2.54. The van der Waals surface area contributed by atoms with E-state index in [0.717, 1.165) is 5.56 Å². The fraction of sp³-hybridized carbons (Fsp3) is 0.429. The van der Waals surface area contributed by atoms with Gasteiger partial charge in [-0.2, -0.15) is 0 Å². The van der Waals surface area contributed by atoms with E-state index in [4.69, 9.17) is 10.5 Å². The smallest absolute Gasteiger partial charge is 0.324 e. The van der Waals surface area contributed by atoms with Gasteiger partial charge in [0, 0.05) is 6.54 Å². The van der Waals surface area contributed by atoms with Crippen molar-refractivity contribution in [3.63, 3.8) is 0 Å². The van der Waals surface area contributed by atoms with Crippen LogP contribution in [0.15, 0.2) is 30.3 Å². The molecule has 1 aliphatic rings. The van der Waals surface area contributed by atoms with E-state index < -0.39 is 23.4 Å². The Morgan fingerprint density at radius 1 is 1.38 bits per heavy atom. The van der Waals surface area contributed by atoms with Crippen molar-refractivity contribution in [1.82, 2.24) is 5.32 Å². The van der Waals surface area contributed by atoms with Gasteiger partial charge in [-0.25, -0.2) is 0 Å². The van der Waals surface area contributed by atoms with E-state index in [1.807, 2.05) is 30.3 Å². The van der Waals surface area contributed by atoms with Gasteiger partial charge in [-0.3, -0.25) is 9.59 Å². The minimum absolute atomic E-state index is 0. The number of halogens is 1. The molecule has 7 heteroatoms. The monoisotopic (exact) mass is 314 g/mol. The molecule has 1 saturated heterocycles. The first kappa shape index (κ1) is 17.4. The highest BCUT2D eigenvalue weighted by atomic mass is 35.5. The van der Waals surface area contributed by atoms with Crippen molar-refractivity contribution >= 4 is 24.3 Å². The largest absolute Gasteiger partial charge is 0.481 e. The predicted molar refractivity (Wildman–Crippen MR) is 79.0 cm³/mol. The van der Waals surface area contributed by atoms with Crippen molar-refractivity contribution in [2.45, 2.75) is 19.1 Å². The number of carboxylic acids is 1. The van der Waals surface area contributed by atoms with Gasteiger partial charge in [0.1, 0.15) is 18.1 Å². The van der Waals surface area contributed by atoms with Crippen LogP contribution in [0.3, 0.4) is 0 Å². The second-order valence-corrected chi connectivity index (χ2v) is 4.96. The summed E-state index contributed by atoms with van der Waals surface area (Å²) in [6.45, 7) is 0.812. The van der Waals surface area contributed by atoms with Crippen LogP contribution in [0.25, 0.3) is 0 Å². The molecule has 0 radical (unpaired) electrons. The lowest BCUT2D eigenvalue weighted by Gasteiger charge is -2.28. The van der Waals surface area contributed by atoms with Crippen LogP contribution < -0.4 is 11.1 Å². The van der Waals surface area contributed by atoms with Gasteiger partial charge >= 0.3 is 11.9 Å². The second-order valence-electron chi connectivity index (χ2n) is 4.96. The fourth-order valence-electron chi connectivity index (χ4n) is 2.34. The highest BCUT2D eigenvalue weighted by molar-refractivity contribution is 5.87. The molecule has 0 saturated carbocycles. The summed E-state index contributed by atoms with van der Waals surface area (Å²) >= 11 is 0. The third-order valence-corrected chi connectivity index (χ3v) is 3.69. The summed E-state index contributed by atoms with van der Waals surface area (Å²) in [7, 11) is 0. The molecule has 1 aromatic rings. The van der Waals surface area contributed by atoms with E-state index in [1.54, 1.807) is 0 Å². The minimum Gasteiger partial charge on any atom is -0.481 e. The Kier molecular flexibility index (Phi) is 6.14. The molecule has 21 heavy (non-hydrogen) atoms. The van der Waals surface area contributed by atoms with Crippen LogP contribution in [-0.4, -0.2) is 36.2 Å². The highest BCUT2D eigenvalue weighted by Gasteiger charge is 2.50. The number of carbonyl (C=O) groups excluding carboxylic acids is 1. The standard InChI is InChI=1S/C14H18N2O4.ClH/c15-11(14(13(18)19)6-7-16-9-14)12(17)20-8-10-4-2-1-3-5-10;/h1-5,11,16H,6-9,15H2,(H,18,19);1H. The molecule has 0 aromatic heterocycles. The molecule has 0 aliphatic carbocycles. The molecule has 116 valence electrons. The average molecular weight is 315 g/mol. The van der Waals surface area contributed by atoms with Gasteiger partial charge in [0.15, 0.2) is 0 Å². The molecule has 1 aliphatic heterocycles. The van der Waals surface area contributed by atoms with Crippen LogP contribution in [0.2, 0.25) is 0 Å². The molecule has 2 unspecified atom stereocenters. The van der Waals surface area contributed by atoms with E-state index in [1.165, 1.54) is 0 Å². The first-order valence-corrected chi connectivity index (χ1v) is 6.46. The first-order valence-electron chi connectivity index (χ1n) is 6.46. The minimum atomic E-state index is -1.27. The lowest BCUT2D eigenvalue weighted by molar-refractivity contribution is -0.160. The van der Waals surface area contributed by atoms with Crippen LogP contribution >= 0.6 is 12.4 Å². The molecular formula is C14H19ClN2O4. The van der Waals surface area contributed by atoms with E-state index in [-0.39, 0.29) is 25.6 Å². The molecule has 0 spiro atoms. The number of nitrogens with one attached hydrogen (secondary N) is 1. The maximum atomic E-state index is 12.0. The van der Waals surface area contributed by atoms with Gasteiger partial charge in [-0.15, -0.1) is 12.4 Å². The average Bonchev–Trinajstić information content (AvgIpc) is 2.96. The highest BCUT2D eigenvalue weighted by Crippen LogP contribution is 2.29. The molecule has 1 heterocycles. The maximum absolute atomic E-state index is 12.0. The number of nitrogens with two attached hydrogens (primary N) is 1. The third-order valence-electron chi connectivity index (χ3n) is 3.69. The lowest BCUT2D eigenvalue weighted by atomic mass is 9.80. The summed E-state index contributed by atoms with van der Waals surface area (Å²) in [5.41, 5.74) is 5.39. The normalized spacial score (nSPS) is 22.1. The number of rotatable bonds is 5. The summed E-state index contributed by atoms with van der Waals surface area (Å²) in [6, 6.07) is 8.01. The van der Waals surface area contributed by atoms with Gasteiger partial charge in [-0.05, 0) is 18.5 Å². The molecule has 1 fully saturated rings. The van der Waals surface area contributed by atoms with Crippen molar-refractivity contribution < 1.29 is 19.4 Å². The SMILES string of the molecule is Cl.NC(C(=O)OCc1ccccc1)C1(C(=O)O)CCNC1. The molecule has 0 amide bonds. The Morgan fingerprint density at radius 3 is 2.57 bits per heavy atom. The molecule has 6 nitrogen and oxygen atoms in total. The fourth-order valence-corrected chi connectivity index (χ4v) is 2.34. The van der Waals surface area contributed by atoms with Crippen molar-refractivity contribution in [2.75, 3.05) is 13.1 Å². The number of hydrogen-bond donors (Lipinski definition) is 3. The number of carboxylic acid groups (broad SMARTS) is 1. The summed E-state index contributed by atoms with van der Waals surface area (Å²) in [5, 5.41) is 12.3. The topological polar surface area (TPSA) is 102 Å². The zero-order valence-corrected chi connectivity index (χ0v) is 12.3. The van der Waals surface area contributed by atoms with Gasteiger partial charge in [-0.1, -0.05) is 30.3 Å². The Morgan fingerprint density at radius 2 is 2.05 bits per heavy atom. The zero-order valence-electron chi connectivity index (χ0n) is 11.5. The van der Waals surface area contributed by atoms with Crippen LogP contribution in [0, 0.1) is 5.41 Å². The third kappa shape index (κ3) is 3.72. The van der Waals surface area contributed by atoms with Crippen molar-refractivity contribution in [1.29, 1.82) is 0 Å². The zero-order chi connectivity index (χ0) is 14.6. The number of hydrogen-bond acceptors (Lipinski definition) is 5. The Labute approximate surface area is 129 Å². The van der Waals surface area contributed by atoms with Crippen molar-refractivity contribution in [3.05, 3.63) is 35.9 Å². The Bertz CT molecular complexity index is 489. The molecule has 2 rings (SSSR count). The Hall–Kier alpha value is -1.63. The van der Waals surface area contributed by atoms with E-state index in [0.29, 0.717) is 13.0 Å². The molecule has 4 N–H and O–H groups in total. The molecule has 2 atom stereocenters. The summed E-state index contributed by atoms with van der Waals surface area (Å²) in [4.78, 5) is 23.4. The predicted octanol–water partition coefficient (Wildman–Crippen LogP) is 0.543. The number of ether oxygens (including phenoxy) is 1. The second kappa shape index (κ2) is 7.40. The van der Waals surface area contributed by atoms with Gasteiger partial charge in [0.25, 0.3) is 0 Å². The quantitative estimate of drug-likeness (QED) is 0.686. The van der Waals surface area contributed by atoms with Crippen LogP contribution in [0.4, 0.5) is 0 Å². The Balaban J connectivity index is 0.00000220. The number of carbonyl (C=O) groups is 2. The van der Waals surface area contributed by atoms with Crippen LogP contribution in [0.5, 0.6) is 0 Å². The molecular weight excluding hydrogens is 296 g/mol. The summed E-state index contributed by atoms with van der Waals surface area (Å²) in [5.74, 6) is -1.74. The van der Waals surface area contributed by atoms with Gasteiger partial charge in [0.2, 0.25) is 0 Å². The van der Waals surface area contributed by atoms with E-state index >= 15 is 0 Å². The van der Waals surface area contributed by atoms with E-state index in [2.05, 4.69) is 5.32 Å². The number of esters is 1. The van der Waals surface area contributed by atoms with Gasteiger partial charge < -0.3 is 20.9 Å². The van der Waals surface area contributed by atoms with Gasteiger partial charge in [0.05, 0.1) is 0 Å². The first-order chi connectivity index (χ1) is 9.56. The maximum Gasteiger partial charge on any atom is 0.324 e.